The first-order valence-electron chi connectivity index (χ1n) is 8.07. The average Bonchev–Trinajstić information content (AvgIpc) is 2.88. The fourth-order valence-electron chi connectivity index (χ4n) is 2.31. The first-order chi connectivity index (χ1) is 9.38. The molecule has 0 aromatic carbocycles. The van der Waals surface area contributed by atoms with Gasteiger partial charge in [-0.2, -0.15) is 0 Å². The van der Waals surface area contributed by atoms with E-state index in [4.69, 9.17) is 4.74 Å². The third-order valence-corrected chi connectivity index (χ3v) is 4.58. The molecule has 0 atom stereocenters. The van der Waals surface area contributed by atoms with Gasteiger partial charge in [0.25, 0.3) is 0 Å². The second-order valence-corrected chi connectivity index (χ2v) is 6.24. The molecule has 1 aromatic heterocycles. The molecule has 1 heterocycles. The summed E-state index contributed by atoms with van der Waals surface area (Å²) in [5.41, 5.74) is 0. The van der Waals surface area contributed by atoms with Crippen LogP contribution in [0, 0.1) is 0 Å². The molecule has 0 radical (unpaired) electrons. The third-order valence-electron chi connectivity index (χ3n) is 3.53. The summed E-state index contributed by atoms with van der Waals surface area (Å²) in [6, 6.07) is 2.11. The summed E-state index contributed by atoms with van der Waals surface area (Å²) in [7, 11) is 0. The highest BCUT2D eigenvalue weighted by atomic mass is 32.1. The minimum absolute atomic E-state index is 0.888. The number of unbranched alkanes of at least 4 members (excludes halogenated alkanes) is 8. The Morgan fingerprint density at radius 3 is 2.16 bits per heavy atom. The van der Waals surface area contributed by atoms with Gasteiger partial charge in [0, 0.05) is 4.88 Å². The molecule has 0 aliphatic heterocycles. The zero-order valence-corrected chi connectivity index (χ0v) is 13.6. The first-order valence-corrected chi connectivity index (χ1v) is 8.95. The highest BCUT2D eigenvalue weighted by Crippen LogP contribution is 2.25. The summed E-state index contributed by atoms with van der Waals surface area (Å²) in [6.45, 7) is 5.36. The average molecular weight is 282 g/mol. The van der Waals surface area contributed by atoms with Crippen LogP contribution in [0.4, 0.5) is 0 Å². The van der Waals surface area contributed by atoms with Crippen molar-refractivity contribution in [2.75, 3.05) is 6.61 Å². The van der Waals surface area contributed by atoms with Crippen LogP contribution in [-0.2, 0) is 6.42 Å². The van der Waals surface area contributed by atoms with Crippen molar-refractivity contribution in [1.82, 2.24) is 0 Å². The van der Waals surface area contributed by atoms with Gasteiger partial charge < -0.3 is 4.74 Å². The lowest BCUT2D eigenvalue weighted by Gasteiger charge is -2.06. The van der Waals surface area contributed by atoms with Crippen LogP contribution < -0.4 is 4.74 Å². The van der Waals surface area contributed by atoms with Crippen molar-refractivity contribution < 1.29 is 4.74 Å². The highest BCUT2D eigenvalue weighted by Gasteiger charge is 2.02. The van der Waals surface area contributed by atoms with Gasteiger partial charge in [-0.25, -0.2) is 0 Å². The fourth-order valence-corrected chi connectivity index (χ4v) is 3.08. The Morgan fingerprint density at radius 2 is 1.53 bits per heavy atom. The predicted octanol–water partition coefficient (Wildman–Crippen LogP) is 6.22. The lowest BCUT2D eigenvalue weighted by molar-refractivity contribution is 0.303. The van der Waals surface area contributed by atoms with Gasteiger partial charge in [-0.3, -0.25) is 0 Å². The van der Waals surface area contributed by atoms with Crippen molar-refractivity contribution in [2.24, 2.45) is 0 Å². The van der Waals surface area contributed by atoms with Gasteiger partial charge in [-0.1, -0.05) is 65.2 Å². The van der Waals surface area contributed by atoms with Crippen molar-refractivity contribution in [2.45, 2.75) is 78.1 Å². The van der Waals surface area contributed by atoms with E-state index in [0.29, 0.717) is 0 Å². The Kier molecular flexibility index (Phi) is 9.88. The zero-order chi connectivity index (χ0) is 13.8. The molecule has 0 saturated carbocycles. The monoisotopic (exact) mass is 282 g/mol. The smallest absolute Gasteiger partial charge is 0.133 e. The number of hydrogen-bond donors (Lipinski definition) is 0. The molecule has 0 unspecified atom stereocenters. The van der Waals surface area contributed by atoms with Crippen LogP contribution in [-0.4, -0.2) is 6.61 Å². The fraction of sp³-hybridized carbons (Fsp3) is 0.765. The van der Waals surface area contributed by atoms with E-state index in [1.807, 2.05) is 0 Å². The summed E-state index contributed by atoms with van der Waals surface area (Å²) < 4.78 is 5.84. The minimum atomic E-state index is 0.888. The van der Waals surface area contributed by atoms with Crippen LogP contribution in [0.25, 0.3) is 0 Å². The SMILES string of the molecule is CCCCCCCCCCCOc1ccsc1CC. The molecule has 110 valence electrons. The largest absolute Gasteiger partial charge is 0.492 e. The zero-order valence-electron chi connectivity index (χ0n) is 12.7. The Morgan fingerprint density at radius 1 is 0.895 bits per heavy atom. The maximum absolute atomic E-state index is 5.84. The second kappa shape index (κ2) is 11.3. The maximum Gasteiger partial charge on any atom is 0.133 e. The van der Waals surface area contributed by atoms with Crippen LogP contribution in [0.1, 0.15) is 76.5 Å². The van der Waals surface area contributed by atoms with E-state index < -0.39 is 0 Å². The molecule has 2 heteroatoms. The Hall–Kier alpha value is -0.500. The van der Waals surface area contributed by atoms with Crippen molar-refractivity contribution in [3.8, 4) is 5.75 Å². The van der Waals surface area contributed by atoms with Gasteiger partial charge in [-0.05, 0) is 24.3 Å². The molecule has 0 fully saturated rings. The second-order valence-electron chi connectivity index (χ2n) is 5.24. The van der Waals surface area contributed by atoms with E-state index in [1.165, 1.54) is 62.7 Å². The Bertz CT molecular complexity index is 306. The van der Waals surface area contributed by atoms with Crippen LogP contribution >= 0.6 is 11.3 Å². The number of aryl methyl sites for hydroxylation is 1. The van der Waals surface area contributed by atoms with Crippen molar-refractivity contribution >= 4 is 11.3 Å². The molecule has 1 aromatic rings. The number of ether oxygens (including phenoxy) is 1. The van der Waals surface area contributed by atoms with Gasteiger partial charge in [0.15, 0.2) is 0 Å². The molecule has 1 rings (SSSR count). The molecule has 1 nitrogen and oxygen atoms in total. The number of thiophene rings is 1. The van der Waals surface area contributed by atoms with Crippen LogP contribution in [0.3, 0.4) is 0 Å². The molecule has 0 spiro atoms. The van der Waals surface area contributed by atoms with E-state index >= 15 is 0 Å². The summed E-state index contributed by atoms with van der Waals surface area (Å²) >= 11 is 1.81. The minimum Gasteiger partial charge on any atom is -0.492 e. The summed E-state index contributed by atoms with van der Waals surface area (Å²) in [4.78, 5) is 1.39. The van der Waals surface area contributed by atoms with E-state index in [2.05, 4.69) is 25.3 Å². The standard InChI is InChI=1S/C17H30OS/c1-3-5-6-7-8-9-10-11-12-14-18-16-13-15-19-17(16)4-2/h13,15H,3-12,14H2,1-2H3. The Labute approximate surface area is 123 Å². The molecule has 0 saturated heterocycles. The topological polar surface area (TPSA) is 9.23 Å². The number of hydrogen-bond acceptors (Lipinski definition) is 2. The Balaban J connectivity index is 1.89. The molecular formula is C17H30OS. The highest BCUT2D eigenvalue weighted by molar-refractivity contribution is 7.10. The molecule has 0 bridgehead atoms. The van der Waals surface area contributed by atoms with Crippen LogP contribution in [0.5, 0.6) is 5.75 Å². The molecule has 0 aliphatic rings. The lowest BCUT2D eigenvalue weighted by Crippen LogP contribution is -1.97. The quantitative estimate of drug-likeness (QED) is 0.413. The van der Waals surface area contributed by atoms with Crippen molar-refractivity contribution in [3.63, 3.8) is 0 Å². The van der Waals surface area contributed by atoms with Gasteiger partial charge in [0.2, 0.25) is 0 Å². The van der Waals surface area contributed by atoms with Gasteiger partial charge in [0.1, 0.15) is 5.75 Å². The van der Waals surface area contributed by atoms with Gasteiger partial charge in [0.05, 0.1) is 6.61 Å². The third kappa shape index (κ3) is 7.61. The predicted molar refractivity (Wildman–Crippen MR) is 86.4 cm³/mol. The summed E-state index contributed by atoms with van der Waals surface area (Å²) in [5.74, 6) is 1.12. The van der Waals surface area contributed by atoms with E-state index in [9.17, 15) is 0 Å². The summed E-state index contributed by atoms with van der Waals surface area (Å²) in [5, 5.41) is 2.13. The van der Waals surface area contributed by atoms with Crippen LogP contribution in [0.2, 0.25) is 0 Å². The molecule has 19 heavy (non-hydrogen) atoms. The van der Waals surface area contributed by atoms with E-state index in [1.54, 1.807) is 11.3 Å². The normalized spacial score (nSPS) is 10.8. The van der Waals surface area contributed by atoms with Gasteiger partial charge >= 0.3 is 0 Å². The van der Waals surface area contributed by atoms with E-state index in [0.717, 1.165) is 18.8 Å². The molecule has 0 aliphatic carbocycles. The molecular weight excluding hydrogens is 252 g/mol. The molecule has 0 amide bonds. The lowest BCUT2D eigenvalue weighted by atomic mass is 10.1. The van der Waals surface area contributed by atoms with Crippen LogP contribution in [0.15, 0.2) is 11.4 Å². The first kappa shape index (κ1) is 16.6. The summed E-state index contributed by atoms with van der Waals surface area (Å²) in [6.07, 6.45) is 13.4. The van der Waals surface area contributed by atoms with Crippen molar-refractivity contribution in [3.05, 3.63) is 16.3 Å². The molecule has 0 N–H and O–H groups in total. The van der Waals surface area contributed by atoms with E-state index in [-0.39, 0.29) is 0 Å². The van der Waals surface area contributed by atoms with Crippen molar-refractivity contribution in [1.29, 1.82) is 0 Å². The maximum atomic E-state index is 5.84. The number of rotatable bonds is 12. The van der Waals surface area contributed by atoms with Gasteiger partial charge in [-0.15, -0.1) is 11.3 Å².